The predicted octanol–water partition coefficient (Wildman–Crippen LogP) is 1.96. The van der Waals surface area contributed by atoms with Crippen LogP contribution in [0.4, 0.5) is 17.6 Å². The summed E-state index contributed by atoms with van der Waals surface area (Å²) in [5.41, 5.74) is -1.91. The molecule has 2 saturated heterocycles. The Labute approximate surface area is 137 Å². The van der Waals surface area contributed by atoms with Crippen LogP contribution in [0, 0.1) is 5.82 Å². The molecule has 1 N–H and O–H groups in total. The van der Waals surface area contributed by atoms with Crippen molar-refractivity contribution < 1.29 is 22.4 Å². The third-order valence-electron chi connectivity index (χ3n) is 4.65. The van der Waals surface area contributed by atoms with E-state index in [1.807, 2.05) is 0 Å². The normalized spacial score (nSPS) is 22.8. The number of carbonyl (C=O) groups is 1. The van der Waals surface area contributed by atoms with Gasteiger partial charge in [0, 0.05) is 45.3 Å². The standard InChI is InChI=1S/C16H19F4N3O/c17-14-12(2-1-3-13(14)16(18,19)20)15(24)23-7-4-11(10-23)22-8-5-21-6-9-22/h1-3,11,21H,4-10H2. The average Bonchev–Trinajstić information content (AvgIpc) is 3.04. The van der Waals surface area contributed by atoms with Crippen molar-refractivity contribution in [2.45, 2.75) is 18.6 Å². The van der Waals surface area contributed by atoms with Crippen molar-refractivity contribution in [3.05, 3.63) is 35.1 Å². The highest BCUT2D eigenvalue weighted by Gasteiger charge is 2.37. The van der Waals surface area contributed by atoms with E-state index in [1.54, 1.807) is 0 Å². The van der Waals surface area contributed by atoms with Crippen LogP contribution in [0.2, 0.25) is 0 Å². The van der Waals surface area contributed by atoms with Gasteiger partial charge < -0.3 is 10.2 Å². The van der Waals surface area contributed by atoms with Crippen LogP contribution in [-0.2, 0) is 6.18 Å². The molecule has 1 amide bonds. The van der Waals surface area contributed by atoms with E-state index >= 15 is 0 Å². The molecule has 2 aliphatic heterocycles. The fourth-order valence-corrected chi connectivity index (χ4v) is 3.36. The maximum atomic E-state index is 14.1. The molecular formula is C16H19F4N3O. The average molecular weight is 345 g/mol. The number of halogens is 4. The lowest BCUT2D eigenvalue weighted by atomic mass is 10.1. The monoisotopic (exact) mass is 345 g/mol. The van der Waals surface area contributed by atoms with Crippen LogP contribution < -0.4 is 5.32 Å². The van der Waals surface area contributed by atoms with Gasteiger partial charge in [0.1, 0.15) is 5.82 Å². The minimum absolute atomic E-state index is 0.185. The van der Waals surface area contributed by atoms with Gasteiger partial charge in [0.25, 0.3) is 5.91 Å². The summed E-state index contributed by atoms with van der Waals surface area (Å²) in [6.07, 6.45) is -4.05. The van der Waals surface area contributed by atoms with E-state index < -0.39 is 29.0 Å². The Balaban J connectivity index is 1.73. The molecule has 132 valence electrons. The Morgan fingerprint density at radius 2 is 1.88 bits per heavy atom. The molecule has 0 aliphatic carbocycles. The van der Waals surface area contributed by atoms with E-state index in [9.17, 15) is 22.4 Å². The summed E-state index contributed by atoms with van der Waals surface area (Å²) >= 11 is 0. The van der Waals surface area contributed by atoms with Crippen molar-refractivity contribution in [2.24, 2.45) is 0 Å². The maximum absolute atomic E-state index is 14.1. The molecule has 4 nitrogen and oxygen atoms in total. The van der Waals surface area contributed by atoms with E-state index in [-0.39, 0.29) is 6.04 Å². The molecule has 8 heteroatoms. The van der Waals surface area contributed by atoms with Gasteiger partial charge in [0.2, 0.25) is 0 Å². The molecule has 3 rings (SSSR count). The van der Waals surface area contributed by atoms with Crippen LogP contribution in [0.1, 0.15) is 22.3 Å². The second-order valence-corrected chi connectivity index (χ2v) is 6.14. The first-order valence-electron chi connectivity index (χ1n) is 7.97. The molecule has 1 aromatic rings. The maximum Gasteiger partial charge on any atom is 0.419 e. The smallest absolute Gasteiger partial charge is 0.337 e. The highest BCUT2D eigenvalue weighted by molar-refractivity contribution is 5.95. The van der Waals surface area contributed by atoms with E-state index in [4.69, 9.17) is 0 Å². The first-order chi connectivity index (χ1) is 11.4. The number of nitrogens with one attached hydrogen (secondary N) is 1. The van der Waals surface area contributed by atoms with Crippen LogP contribution in [0.15, 0.2) is 18.2 Å². The summed E-state index contributed by atoms with van der Waals surface area (Å²) in [6.45, 7) is 4.38. The molecule has 0 radical (unpaired) electrons. The Morgan fingerprint density at radius 3 is 2.54 bits per heavy atom. The highest BCUT2D eigenvalue weighted by atomic mass is 19.4. The lowest BCUT2D eigenvalue weighted by Crippen LogP contribution is -2.49. The van der Waals surface area contributed by atoms with Crippen LogP contribution in [0.25, 0.3) is 0 Å². The zero-order valence-corrected chi connectivity index (χ0v) is 13.1. The molecule has 2 aliphatic rings. The molecule has 2 heterocycles. The number of piperazine rings is 1. The fraction of sp³-hybridized carbons (Fsp3) is 0.562. The number of hydrogen-bond acceptors (Lipinski definition) is 3. The van der Waals surface area contributed by atoms with Gasteiger partial charge in [0.15, 0.2) is 0 Å². The van der Waals surface area contributed by atoms with E-state index in [1.165, 1.54) is 4.90 Å². The first kappa shape index (κ1) is 17.2. The molecule has 0 spiro atoms. The lowest BCUT2D eigenvalue weighted by molar-refractivity contribution is -0.140. The first-order valence-corrected chi connectivity index (χ1v) is 7.97. The Bertz CT molecular complexity index is 614. The summed E-state index contributed by atoms with van der Waals surface area (Å²) in [5.74, 6) is -2.16. The summed E-state index contributed by atoms with van der Waals surface area (Å²) in [5, 5.41) is 3.25. The van der Waals surface area contributed by atoms with Crippen molar-refractivity contribution in [1.82, 2.24) is 15.1 Å². The van der Waals surface area contributed by atoms with Crippen molar-refractivity contribution in [2.75, 3.05) is 39.3 Å². The largest absolute Gasteiger partial charge is 0.419 e. The minimum Gasteiger partial charge on any atom is -0.337 e. The van der Waals surface area contributed by atoms with Crippen LogP contribution in [0.3, 0.4) is 0 Å². The van der Waals surface area contributed by atoms with Gasteiger partial charge in [-0.3, -0.25) is 9.69 Å². The van der Waals surface area contributed by atoms with Gasteiger partial charge in [-0.05, 0) is 18.6 Å². The fourth-order valence-electron chi connectivity index (χ4n) is 3.36. The molecule has 0 aromatic heterocycles. The summed E-state index contributed by atoms with van der Waals surface area (Å²) in [7, 11) is 0. The molecular weight excluding hydrogens is 326 g/mol. The van der Waals surface area contributed by atoms with Gasteiger partial charge in [-0.2, -0.15) is 13.2 Å². The van der Waals surface area contributed by atoms with Gasteiger partial charge >= 0.3 is 6.18 Å². The molecule has 1 aromatic carbocycles. The predicted molar refractivity (Wildman–Crippen MR) is 80.2 cm³/mol. The SMILES string of the molecule is O=C(c1cccc(C(F)(F)F)c1F)N1CCC(N2CCNCC2)C1. The number of benzene rings is 1. The van der Waals surface area contributed by atoms with Crippen LogP contribution in [-0.4, -0.2) is 61.0 Å². The quantitative estimate of drug-likeness (QED) is 0.833. The molecule has 0 saturated carbocycles. The van der Waals surface area contributed by atoms with E-state index in [0.717, 1.165) is 44.7 Å². The van der Waals surface area contributed by atoms with Gasteiger partial charge in [0.05, 0.1) is 11.1 Å². The van der Waals surface area contributed by atoms with Crippen molar-refractivity contribution in [1.29, 1.82) is 0 Å². The Kier molecular flexibility index (Phi) is 4.78. The lowest BCUT2D eigenvalue weighted by Gasteiger charge is -2.32. The summed E-state index contributed by atoms with van der Waals surface area (Å²) < 4.78 is 52.5. The number of hydrogen-bond donors (Lipinski definition) is 1. The van der Waals surface area contributed by atoms with E-state index in [0.29, 0.717) is 19.2 Å². The van der Waals surface area contributed by atoms with Gasteiger partial charge in [-0.15, -0.1) is 0 Å². The number of likely N-dealkylation sites (tertiary alicyclic amines) is 1. The second kappa shape index (κ2) is 6.68. The Morgan fingerprint density at radius 1 is 1.17 bits per heavy atom. The third kappa shape index (κ3) is 3.39. The number of rotatable bonds is 2. The molecule has 24 heavy (non-hydrogen) atoms. The van der Waals surface area contributed by atoms with Gasteiger partial charge in [-0.1, -0.05) is 6.07 Å². The van der Waals surface area contributed by atoms with Crippen molar-refractivity contribution >= 4 is 5.91 Å². The summed E-state index contributed by atoms with van der Waals surface area (Å²) in [4.78, 5) is 16.2. The van der Waals surface area contributed by atoms with Crippen molar-refractivity contribution in [3.8, 4) is 0 Å². The molecule has 1 atom stereocenters. The van der Waals surface area contributed by atoms with Gasteiger partial charge in [-0.25, -0.2) is 4.39 Å². The minimum atomic E-state index is -4.81. The van der Waals surface area contributed by atoms with Crippen LogP contribution >= 0.6 is 0 Å². The second-order valence-electron chi connectivity index (χ2n) is 6.14. The number of alkyl halides is 3. The number of amides is 1. The zero-order valence-electron chi connectivity index (χ0n) is 13.1. The van der Waals surface area contributed by atoms with E-state index in [2.05, 4.69) is 10.2 Å². The number of nitrogens with zero attached hydrogens (tertiary/aromatic N) is 2. The third-order valence-corrected chi connectivity index (χ3v) is 4.65. The molecule has 0 bridgehead atoms. The summed E-state index contributed by atoms with van der Waals surface area (Å²) in [6, 6.07) is 3.03. The van der Waals surface area contributed by atoms with Crippen LogP contribution in [0.5, 0.6) is 0 Å². The zero-order chi connectivity index (χ0) is 17.3. The molecule has 2 fully saturated rings. The highest BCUT2D eigenvalue weighted by Crippen LogP contribution is 2.33. The molecule has 1 unspecified atom stereocenters. The van der Waals surface area contributed by atoms with Crippen molar-refractivity contribution in [3.63, 3.8) is 0 Å². The number of carbonyl (C=O) groups excluding carboxylic acids is 1. The Hall–Kier alpha value is -1.67. The topological polar surface area (TPSA) is 35.6 Å².